The highest BCUT2D eigenvalue weighted by Crippen LogP contribution is 2.23. The molecule has 0 aliphatic heterocycles. The van der Waals surface area contributed by atoms with Crippen LogP contribution in [0.4, 0.5) is 0 Å². The second-order valence-electron chi connectivity index (χ2n) is 5.53. The minimum Gasteiger partial charge on any atom is -0.222 e. The first kappa shape index (κ1) is 17.7. The summed E-state index contributed by atoms with van der Waals surface area (Å²) in [6.45, 7) is 4.11. The van der Waals surface area contributed by atoms with Crippen LogP contribution in [0.3, 0.4) is 0 Å². The van der Waals surface area contributed by atoms with E-state index in [9.17, 15) is 8.42 Å². The van der Waals surface area contributed by atoms with Crippen LogP contribution >= 0.6 is 11.3 Å². The number of hydrogen-bond donors (Lipinski definition) is 1. The van der Waals surface area contributed by atoms with Gasteiger partial charge in [0.15, 0.2) is 0 Å². The van der Waals surface area contributed by atoms with E-state index < -0.39 is 10.0 Å². The van der Waals surface area contributed by atoms with E-state index in [2.05, 4.69) is 48.3 Å². The number of primary sulfonamides is 1. The zero-order valence-corrected chi connectivity index (χ0v) is 15.6. The number of rotatable bonds is 5. The summed E-state index contributed by atoms with van der Waals surface area (Å²) in [6.07, 6.45) is 1.55. The molecular weight excluding hydrogens is 356 g/mol. The molecule has 3 rings (SSSR count). The fraction of sp³-hybridized carbons (Fsp3) is 0.235. The maximum absolute atomic E-state index is 11.5. The van der Waals surface area contributed by atoms with Gasteiger partial charge in [-0.15, -0.1) is 0 Å². The van der Waals surface area contributed by atoms with E-state index in [1.165, 1.54) is 0 Å². The van der Waals surface area contributed by atoms with E-state index in [0.717, 1.165) is 46.7 Å². The number of benzene rings is 1. The zero-order chi connectivity index (χ0) is 18.0. The summed E-state index contributed by atoms with van der Waals surface area (Å²) >= 11 is 0.981. The summed E-state index contributed by atoms with van der Waals surface area (Å²) < 4.78 is 24.8. The third-order valence-electron chi connectivity index (χ3n) is 3.88. The summed E-state index contributed by atoms with van der Waals surface area (Å²) in [7, 11) is -3.85. The van der Waals surface area contributed by atoms with Crippen molar-refractivity contribution in [1.29, 1.82) is 0 Å². The number of aryl methyl sites for hydroxylation is 2. The average molecular weight is 375 g/mol. The highest BCUT2D eigenvalue weighted by Gasteiger charge is 2.26. The van der Waals surface area contributed by atoms with Crippen LogP contribution in [-0.4, -0.2) is 18.6 Å². The molecule has 0 bridgehead atoms. The number of aromatic nitrogens is 3. The van der Waals surface area contributed by atoms with Gasteiger partial charge in [0.1, 0.15) is 11.4 Å². The Morgan fingerprint density at radius 3 is 2.08 bits per heavy atom. The first-order chi connectivity index (χ1) is 11.9. The maximum atomic E-state index is 11.5. The van der Waals surface area contributed by atoms with Crippen LogP contribution < -0.4 is 9.71 Å². The minimum atomic E-state index is -3.85. The van der Waals surface area contributed by atoms with Crippen molar-refractivity contribution < 1.29 is 13.0 Å². The number of sulfonamides is 1. The number of hydrogen-bond acceptors (Lipinski definition) is 5. The molecule has 0 unspecified atom stereocenters. The Hall–Kier alpha value is -2.16. The second-order valence-corrected chi connectivity index (χ2v) is 8.22. The van der Waals surface area contributed by atoms with Crippen LogP contribution in [0.15, 0.2) is 46.8 Å². The molecule has 6 nitrogen and oxygen atoms in total. The monoisotopic (exact) mass is 375 g/mol. The lowest BCUT2D eigenvalue weighted by atomic mass is 10.0. The van der Waals surface area contributed by atoms with Gasteiger partial charge in [-0.3, -0.25) is 0 Å². The van der Waals surface area contributed by atoms with Crippen molar-refractivity contribution in [3.05, 3.63) is 53.9 Å². The molecule has 2 N–H and O–H groups in total. The zero-order valence-electron chi connectivity index (χ0n) is 14.0. The summed E-state index contributed by atoms with van der Waals surface area (Å²) in [4.78, 5) is 0. The smallest absolute Gasteiger partial charge is 0.222 e. The van der Waals surface area contributed by atoms with E-state index in [-0.39, 0.29) is 4.34 Å². The van der Waals surface area contributed by atoms with Crippen LogP contribution in [-0.2, 0) is 22.9 Å². The highest BCUT2D eigenvalue weighted by molar-refractivity contribution is 7.91. The Bertz CT molecular complexity index is 973. The lowest BCUT2D eigenvalue weighted by Gasteiger charge is -2.10. The van der Waals surface area contributed by atoms with Gasteiger partial charge in [0.25, 0.3) is 14.4 Å². The van der Waals surface area contributed by atoms with Crippen LogP contribution in [0.2, 0.25) is 0 Å². The van der Waals surface area contributed by atoms with Gasteiger partial charge in [0, 0.05) is 12.8 Å². The van der Waals surface area contributed by atoms with Crippen molar-refractivity contribution in [2.45, 2.75) is 31.0 Å². The Morgan fingerprint density at radius 1 is 1.00 bits per heavy atom. The summed E-state index contributed by atoms with van der Waals surface area (Å²) in [5, 5.41) is 13.4. The van der Waals surface area contributed by atoms with Gasteiger partial charge in [-0.1, -0.05) is 44.2 Å². The molecule has 2 heterocycles. The predicted octanol–water partition coefficient (Wildman–Crippen LogP) is 2.25. The average Bonchev–Trinajstić information content (AvgIpc) is 3.11. The molecule has 8 heteroatoms. The molecule has 1 aromatic carbocycles. The third-order valence-corrected chi connectivity index (χ3v) is 6.10. The first-order valence-corrected chi connectivity index (χ1v) is 10.3. The predicted molar refractivity (Wildman–Crippen MR) is 97.0 cm³/mol. The number of nitrogens with zero attached hydrogens (tertiary/aromatic N) is 3. The lowest BCUT2D eigenvalue weighted by molar-refractivity contribution is -0.612. The van der Waals surface area contributed by atoms with E-state index in [4.69, 9.17) is 5.14 Å². The van der Waals surface area contributed by atoms with E-state index >= 15 is 0 Å². The minimum absolute atomic E-state index is 0.175. The SMILES string of the molecule is CCc1cc(-c2ccccc2)cc(CC)[n+]1-c1nnc(S(N)(=O)=O)s1. The fourth-order valence-corrected chi connectivity index (χ4v) is 4.17. The van der Waals surface area contributed by atoms with Gasteiger partial charge < -0.3 is 0 Å². The van der Waals surface area contributed by atoms with Gasteiger partial charge in [-0.05, 0) is 39.7 Å². The van der Waals surface area contributed by atoms with Crippen LogP contribution in [0.5, 0.6) is 0 Å². The van der Waals surface area contributed by atoms with Crippen molar-refractivity contribution in [3.8, 4) is 16.3 Å². The van der Waals surface area contributed by atoms with Crippen molar-refractivity contribution in [2.24, 2.45) is 5.14 Å². The third kappa shape index (κ3) is 3.60. The normalized spacial score (nSPS) is 11.6. The van der Waals surface area contributed by atoms with Crippen molar-refractivity contribution in [1.82, 2.24) is 10.2 Å². The molecule has 0 amide bonds. The van der Waals surface area contributed by atoms with Crippen molar-refractivity contribution in [3.63, 3.8) is 0 Å². The molecule has 0 aliphatic carbocycles. The second kappa shape index (κ2) is 6.99. The molecular formula is C17H19N4O2S2+. The van der Waals surface area contributed by atoms with E-state index in [1.54, 1.807) is 0 Å². The molecule has 0 saturated carbocycles. The maximum Gasteiger partial charge on any atom is 0.416 e. The number of pyridine rings is 1. The standard InChI is InChI=1S/C17H19N4O2S2/c1-3-14-10-13(12-8-6-5-7-9-12)11-15(4-2)21(14)16-19-20-17(24-16)25(18,22)23/h5-11H,3-4H2,1-2H3,(H2,18,22,23)/q+1. The Balaban J connectivity index is 2.18. The Labute approximate surface area is 151 Å². The largest absolute Gasteiger partial charge is 0.416 e. The van der Waals surface area contributed by atoms with E-state index in [1.807, 2.05) is 22.8 Å². The van der Waals surface area contributed by atoms with Crippen LogP contribution in [0, 0.1) is 0 Å². The molecule has 2 aromatic heterocycles. The van der Waals surface area contributed by atoms with Gasteiger partial charge in [-0.2, -0.15) is 4.57 Å². The molecule has 0 fully saturated rings. The molecule has 0 radical (unpaired) electrons. The molecule has 0 atom stereocenters. The van der Waals surface area contributed by atoms with Crippen LogP contribution in [0.1, 0.15) is 25.2 Å². The topological polar surface area (TPSA) is 89.8 Å². The molecule has 130 valence electrons. The van der Waals surface area contributed by atoms with Gasteiger partial charge in [-0.25, -0.2) is 13.6 Å². The highest BCUT2D eigenvalue weighted by atomic mass is 32.2. The van der Waals surface area contributed by atoms with Gasteiger partial charge in [0.2, 0.25) is 0 Å². The lowest BCUT2D eigenvalue weighted by Crippen LogP contribution is -2.40. The van der Waals surface area contributed by atoms with Crippen molar-refractivity contribution >= 4 is 21.4 Å². The molecule has 0 spiro atoms. The molecule has 3 aromatic rings. The molecule has 0 aliphatic rings. The van der Waals surface area contributed by atoms with E-state index in [0.29, 0.717) is 5.13 Å². The number of nitrogens with two attached hydrogens (primary N) is 1. The molecule has 0 saturated heterocycles. The van der Waals surface area contributed by atoms with Crippen LogP contribution in [0.25, 0.3) is 16.3 Å². The van der Waals surface area contributed by atoms with Crippen molar-refractivity contribution in [2.75, 3.05) is 0 Å². The summed E-state index contributed by atoms with van der Waals surface area (Å²) in [5.41, 5.74) is 4.34. The van der Waals surface area contributed by atoms with Gasteiger partial charge in [0.05, 0.1) is 5.10 Å². The van der Waals surface area contributed by atoms with Gasteiger partial charge >= 0.3 is 5.13 Å². The Kier molecular flexibility index (Phi) is 4.94. The summed E-state index contributed by atoms with van der Waals surface area (Å²) in [6, 6.07) is 14.4. The fourth-order valence-electron chi connectivity index (χ4n) is 2.69. The summed E-state index contributed by atoms with van der Waals surface area (Å²) in [5.74, 6) is 0. The quantitative estimate of drug-likeness (QED) is 0.693. The molecule has 25 heavy (non-hydrogen) atoms. The Morgan fingerprint density at radius 2 is 1.60 bits per heavy atom. The first-order valence-electron chi connectivity index (χ1n) is 7.94.